The van der Waals surface area contributed by atoms with Gasteiger partial charge in [0.15, 0.2) is 0 Å². The number of nitrogens with one attached hydrogen (secondary N) is 3. The molecule has 8 heteroatoms. The van der Waals surface area contributed by atoms with E-state index in [1.165, 1.54) is 14.2 Å². The fraction of sp³-hybridized carbons (Fsp3) is 0.238. The number of esters is 1. The number of amidine groups is 1. The monoisotopic (exact) mass is 397 g/mol. The van der Waals surface area contributed by atoms with Crippen LogP contribution in [0.2, 0.25) is 0 Å². The maximum atomic E-state index is 12.1. The van der Waals surface area contributed by atoms with E-state index in [0.717, 1.165) is 11.1 Å². The minimum absolute atomic E-state index is 0.0531. The average molecular weight is 397 g/mol. The molecular weight excluding hydrogens is 374 g/mol. The van der Waals surface area contributed by atoms with Crippen LogP contribution in [0, 0.1) is 5.41 Å². The molecule has 0 radical (unpaired) electrons. The number of hydrogen-bond acceptors (Lipinski definition) is 6. The van der Waals surface area contributed by atoms with E-state index >= 15 is 0 Å². The average Bonchev–Trinajstić information content (AvgIpc) is 2.76. The minimum atomic E-state index is -0.696. The van der Waals surface area contributed by atoms with Crippen LogP contribution in [-0.2, 0) is 14.3 Å². The molecule has 0 aliphatic heterocycles. The third-order valence-corrected chi connectivity index (χ3v) is 4.14. The molecule has 0 atom stereocenters. The molecule has 29 heavy (non-hydrogen) atoms. The van der Waals surface area contributed by atoms with Crippen LogP contribution in [0.25, 0.3) is 11.1 Å². The van der Waals surface area contributed by atoms with Crippen molar-refractivity contribution in [2.45, 2.75) is 12.8 Å². The first-order valence-electron chi connectivity index (χ1n) is 8.94. The van der Waals surface area contributed by atoms with Gasteiger partial charge in [-0.05, 0) is 29.7 Å². The van der Waals surface area contributed by atoms with Crippen LogP contribution in [0.3, 0.4) is 0 Å². The Morgan fingerprint density at radius 1 is 0.862 bits per heavy atom. The van der Waals surface area contributed by atoms with Crippen molar-refractivity contribution < 1.29 is 23.9 Å². The van der Waals surface area contributed by atoms with E-state index in [1.807, 2.05) is 24.3 Å². The summed E-state index contributed by atoms with van der Waals surface area (Å²) in [5, 5.41) is 12.9. The SMILES string of the molecule is COC(=O)CCCNC(=O)c1ccc(-c2ccc(C(=N)NC(=O)OC)cc2)cc1. The van der Waals surface area contributed by atoms with E-state index in [9.17, 15) is 14.4 Å². The molecule has 2 aromatic carbocycles. The molecule has 2 aromatic rings. The van der Waals surface area contributed by atoms with Crippen LogP contribution in [0.5, 0.6) is 0 Å². The highest BCUT2D eigenvalue weighted by Gasteiger charge is 2.09. The predicted molar refractivity (Wildman–Crippen MR) is 108 cm³/mol. The Morgan fingerprint density at radius 3 is 1.93 bits per heavy atom. The van der Waals surface area contributed by atoms with Crippen LogP contribution in [0.1, 0.15) is 28.8 Å². The number of carbonyl (C=O) groups is 3. The van der Waals surface area contributed by atoms with Gasteiger partial charge in [-0.3, -0.25) is 20.3 Å². The molecule has 0 heterocycles. The van der Waals surface area contributed by atoms with Crippen molar-refractivity contribution in [2.24, 2.45) is 0 Å². The van der Waals surface area contributed by atoms with E-state index in [1.54, 1.807) is 24.3 Å². The Balaban J connectivity index is 1.94. The number of benzene rings is 2. The molecular formula is C21H23N3O5. The van der Waals surface area contributed by atoms with Crippen LogP contribution >= 0.6 is 0 Å². The van der Waals surface area contributed by atoms with Gasteiger partial charge in [0.1, 0.15) is 5.84 Å². The summed E-state index contributed by atoms with van der Waals surface area (Å²) in [5.41, 5.74) is 2.88. The fourth-order valence-corrected chi connectivity index (χ4v) is 2.51. The zero-order chi connectivity index (χ0) is 21.2. The molecule has 0 saturated carbocycles. The summed E-state index contributed by atoms with van der Waals surface area (Å²) >= 11 is 0. The van der Waals surface area contributed by atoms with Gasteiger partial charge in [0.25, 0.3) is 5.91 Å². The first kappa shape index (κ1) is 21.6. The summed E-state index contributed by atoms with van der Waals surface area (Å²) < 4.78 is 9.02. The zero-order valence-electron chi connectivity index (χ0n) is 16.3. The molecule has 0 unspecified atom stereocenters. The van der Waals surface area contributed by atoms with Crippen molar-refractivity contribution in [1.82, 2.24) is 10.6 Å². The largest absolute Gasteiger partial charge is 0.469 e. The van der Waals surface area contributed by atoms with Crippen molar-refractivity contribution in [1.29, 1.82) is 5.41 Å². The van der Waals surface area contributed by atoms with Crippen LogP contribution in [-0.4, -0.2) is 44.6 Å². The summed E-state index contributed by atoms with van der Waals surface area (Å²) in [6.07, 6.45) is 0.0827. The van der Waals surface area contributed by atoms with Crippen molar-refractivity contribution in [2.75, 3.05) is 20.8 Å². The van der Waals surface area contributed by atoms with E-state index in [2.05, 4.69) is 20.1 Å². The highest BCUT2D eigenvalue weighted by molar-refractivity contribution is 6.04. The summed E-state index contributed by atoms with van der Waals surface area (Å²) in [6, 6.07) is 14.2. The van der Waals surface area contributed by atoms with E-state index < -0.39 is 6.09 Å². The minimum Gasteiger partial charge on any atom is -0.469 e. The Bertz CT molecular complexity index is 876. The van der Waals surface area contributed by atoms with Gasteiger partial charge < -0.3 is 14.8 Å². The van der Waals surface area contributed by atoms with E-state index in [4.69, 9.17) is 5.41 Å². The molecule has 3 N–H and O–H groups in total. The van der Waals surface area contributed by atoms with E-state index in [-0.39, 0.29) is 24.1 Å². The number of ether oxygens (including phenoxy) is 2. The molecule has 2 amide bonds. The number of carbonyl (C=O) groups excluding carboxylic acids is 3. The van der Waals surface area contributed by atoms with Crippen LogP contribution in [0.15, 0.2) is 48.5 Å². The lowest BCUT2D eigenvalue weighted by Gasteiger charge is -2.08. The second-order valence-corrected chi connectivity index (χ2v) is 6.08. The van der Waals surface area contributed by atoms with E-state index in [0.29, 0.717) is 24.1 Å². The Morgan fingerprint density at radius 2 is 1.41 bits per heavy atom. The Hall–Kier alpha value is -3.68. The highest BCUT2D eigenvalue weighted by Crippen LogP contribution is 2.20. The molecule has 8 nitrogen and oxygen atoms in total. The number of hydrogen-bond donors (Lipinski definition) is 3. The normalized spacial score (nSPS) is 10.0. The molecule has 0 spiro atoms. The predicted octanol–water partition coefficient (Wildman–Crippen LogP) is 2.72. The molecule has 152 valence electrons. The molecule has 0 aliphatic rings. The van der Waals surface area contributed by atoms with Crippen molar-refractivity contribution >= 4 is 23.8 Å². The van der Waals surface area contributed by atoms with Crippen LogP contribution < -0.4 is 10.6 Å². The zero-order valence-corrected chi connectivity index (χ0v) is 16.3. The van der Waals surface area contributed by atoms with Crippen molar-refractivity contribution in [3.63, 3.8) is 0 Å². The van der Waals surface area contributed by atoms with Gasteiger partial charge in [0.2, 0.25) is 0 Å². The van der Waals surface area contributed by atoms with Gasteiger partial charge in [-0.2, -0.15) is 0 Å². The van der Waals surface area contributed by atoms with Crippen molar-refractivity contribution in [3.8, 4) is 11.1 Å². The standard InChI is InChI=1S/C21H23N3O5/c1-28-18(25)4-3-13-23-20(26)17-11-7-15(8-12-17)14-5-9-16(10-6-14)19(22)24-21(27)29-2/h5-12H,3-4,13H2,1-2H3,(H,23,26)(H2,22,24,27). The number of rotatable bonds is 7. The van der Waals surface area contributed by atoms with Crippen LogP contribution in [0.4, 0.5) is 4.79 Å². The lowest BCUT2D eigenvalue weighted by molar-refractivity contribution is -0.140. The third-order valence-electron chi connectivity index (χ3n) is 4.14. The lowest BCUT2D eigenvalue weighted by Crippen LogP contribution is -2.30. The Labute approximate surface area is 168 Å². The molecule has 0 saturated heterocycles. The summed E-state index contributed by atoms with van der Waals surface area (Å²) in [7, 11) is 2.57. The quantitative estimate of drug-likeness (QED) is 0.287. The Kier molecular flexibility index (Phi) is 7.90. The molecule has 0 bridgehead atoms. The molecule has 0 fully saturated rings. The molecule has 0 aromatic heterocycles. The summed E-state index contributed by atoms with van der Waals surface area (Å²) in [4.78, 5) is 34.4. The van der Waals surface area contributed by atoms with Gasteiger partial charge >= 0.3 is 12.1 Å². The first-order chi connectivity index (χ1) is 13.9. The third kappa shape index (κ3) is 6.46. The second kappa shape index (κ2) is 10.6. The maximum Gasteiger partial charge on any atom is 0.412 e. The van der Waals surface area contributed by atoms with Gasteiger partial charge in [0, 0.05) is 24.1 Å². The molecule has 2 rings (SSSR count). The maximum absolute atomic E-state index is 12.1. The summed E-state index contributed by atoms with van der Waals surface area (Å²) in [5.74, 6) is -0.562. The number of amides is 2. The highest BCUT2D eigenvalue weighted by atomic mass is 16.5. The van der Waals surface area contributed by atoms with Gasteiger partial charge in [-0.25, -0.2) is 4.79 Å². The number of methoxy groups -OCH3 is 2. The first-order valence-corrected chi connectivity index (χ1v) is 8.94. The second-order valence-electron chi connectivity index (χ2n) is 6.08. The topological polar surface area (TPSA) is 118 Å². The number of alkyl carbamates (subject to hydrolysis) is 1. The molecule has 0 aliphatic carbocycles. The van der Waals surface area contributed by atoms with Crippen molar-refractivity contribution in [3.05, 3.63) is 59.7 Å². The lowest BCUT2D eigenvalue weighted by atomic mass is 10.0. The van der Waals surface area contributed by atoms with Gasteiger partial charge in [0.05, 0.1) is 14.2 Å². The summed E-state index contributed by atoms with van der Waals surface area (Å²) in [6.45, 7) is 0.392. The fourth-order valence-electron chi connectivity index (χ4n) is 2.51. The smallest absolute Gasteiger partial charge is 0.412 e. The van der Waals surface area contributed by atoms with Gasteiger partial charge in [-0.1, -0.05) is 36.4 Å². The van der Waals surface area contributed by atoms with Gasteiger partial charge in [-0.15, -0.1) is 0 Å².